The number of nitrogens with two attached hydrogens (primary N) is 1. The van der Waals surface area contributed by atoms with Gasteiger partial charge < -0.3 is 15.6 Å². The monoisotopic (exact) mass is 297 g/mol. The molecule has 4 N–H and O–H groups in total. The zero-order chi connectivity index (χ0) is 15.6. The second-order valence-corrected chi connectivity index (χ2v) is 4.97. The average Bonchev–Trinajstić information content (AvgIpc) is 2.83. The van der Waals surface area contributed by atoms with Crippen molar-refractivity contribution in [1.29, 1.82) is 0 Å². The van der Waals surface area contributed by atoms with Crippen LogP contribution >= 0.6 is 0 Å². The molecule has 1 atom stereocenters. The number of nitro groups is 1. The Hall–Kier alpha value is -2.26. The molecule has 1 aromatic rings. The van der Waals surface area contributed by atoms with E-state index in [2.05, 4.69) is 10.7 Å². The van der Waals surface area contributed by atoms with Gasteiger partial charge in [-0.25, -0.2) is 4.39 Å². The van der Waals surface area contributed by atoms with Gasteiger partial charge in [-0.15, -0.1) is 0 Å². The van der Waals surface area contributed by atoms with Crippen LogP contribution in [0, 0.1) is 15.9 Å². The molecule has 1 aliphatic rings. The van der Waals surface area contributed by atoms with Crippen LogP contribution in [0.2, 0.25) is 0 Å². The average molecular weight is 297 g/mol. The molecule has 0 aromatic heterocycles. The lowest BCUT2D eigenvalue weighted by Crippen LogP contribution is -2.36. The lowest BCUT2D eigenvalue weighted by molar-refractivity contribution is -0.385. The van der Waals surface area contributed by atoms with Crippen LogP contribution in [0.5, 0.6) is 0 Å². The number of carbonyl (C=O) groups is 1. The van der Waals surface area contributed by atoms with Crippen molar-refractivity contribution in [3.8, 4) is 0 Å². The van der Waals surface area contributed by atoms with Crippen LogP contribution in [0.25, 0.3) is 0 Å². The molecule has 0 spiro atoms. The standard InChI is InChI=1S/C12H16FN5O3/c1-17-3-2-7(6-17)15-12(19)8-4-10(16-14)9(13)5-11(8)18(20)21/h4-5,7,16H,2-3,6,14H2,1H3,(H,15,19). The summed E-state index contributed by atoms with van der Waals surface area (Å²) in [6.07, 6.45) is 0.763. The minimum atomic E-state index is -0.888. The van der Waals surface area contributed by atoms with E-state index < -0.39 is 22.3 Å². The molecule has 0 aliphatic carbocycles. The largest absolute Gasteiger partial charge is 0.348 e. The number of nitrogen functional groups attached to an aromatic ring is 1. The van der Waals surface area contributed by atoms with E-state index >= 15 is 0 Å². The number of rotatable bonds is 4. The van der Waals surface area contributed by atoms with Gasteiger partial charge in [0, 0.05) is 12.6 Å². The maximum atomic E-state index is 13.5. The number of hydrogen-bond donors (Lipinski definition) is 3. The van der Waals surface area contributed by atoms with Crippen molar-refractivity contribution < 1.29 is 14.1 Å². The van der Waals surface area contributed by atoms with Gasteiger partial charge in [0.1, 0.15) is 5.56 Å². The van der Waals surface area contributed by atoms with Gasteiger partial charge in [-0.3, -0.25) is 20.8 Å². The smallest absolute Gasteiger partial charge is 0.285 e. The number of hydrogen-bond acceptors (Lipinski definition) is 6. The number of nitrogens with one attached hydrogen (secondary N) is 2. The summed E-state index contributed by atoms with van der Waals surface area (Å²) in [5.41, 5.74) is 1.09. The Morgan fingerprint density at radius 2 is 2.29 bits per heavy atom. The van der Waals surface area contributed by atoms with E-state index in [0.29, 0.717) is 12.6 Å². The maximum Gasteiger partial charge on any atom is 0.285 e. The number of nitrogens with zero attached hydrogens (tertiary/aromatic N) is 2. The number of likely N-dealkylation sites (N-methyl/N-ethyl adjacent to an activating group) is 1. The Labute approximate surface area is 120 Å². The first-order chi connectivity index (χ1) is 9.92. The molecule has 1 unspecified atom stereocenters. The van der Waals surface area contributed by atoms with E-state index in [4.69, 9.17) is 5.84 Å². The number of hydrazine groups is 1. The molecule has 114 valence electrons. The van der Waals surface area contributed by atoms with Crippen LogP contribution in [-0.2, 0) is 0 Å². The van der Waals surface area contributed by atoms with Gasteiger partial charge in [0.2, 0.25) is 0 Å². The number of benzene rings is 1. The summed E-state index contributed by atoms with van der Waals surface area (Å²) in [5, 5.41) is 13.7. The van der Waals surface area contributed by atoms with Crippen LogP contribution in [0.4, 0.5) is 15.8 Å². The van der Waals surface area contributed by atoms with Crippen molar-refractivity contribution >= 4 is 17.3 Å². The highest BCUT2D eigenvalue weighted by Gasteiger charge is 2.27. The summed E-state index contributed by atoms with van der Waals surface area (Å²) < 4.78 is 13.5. The van der Waals surface area contributed by atoms with Gasteiger partial charge in [-0.05, 0) is 26.1 Å². The van der Waals surface area contributed by atoms with Gasteiger partial charge in [0.05, 0.1) is 16.7 Å². The molecule has 9 heteroatoms. The molecular formula is C12H16FN5O3. The van der Waals surface area contributed by atoms with E-state index in [1.165, 1.54) is 0 Å². The summed E-state index contributed by atoms with van der Waals surface area (Å²) in [4.78, 5) is 24.4. The minimum Gasteiger partial charge on any atom is -0.348 e. The highest BCUT2D eigenvalue weighted by molar-refractivity contribution is 5.99. The normalized spacial score (nSPS) is 18.5. The fourth-order valence-corrected chi connectivity index (χ4v) is 2.32. The predicted octanol–water partition coefficient (Wildman–Crippen LogP) is 0.453. The molecule has 0 saturated carbocycles. The molecule has 1 fully saturated rings. The van der Waals surface area contributed by atoms with E-state index in [0.717, 1.165) is 19.0 Å². The second-order valence-electron chi connectivity index (χ2n) is 4.97. The molecule has 1 aromatic carbocycles. The number of nitro benzene ring substituents is 1. The first-order valence-electron chi connectivity index (χ1n) is 6.36. The van der Waals surface area contributed by atoms with Crippen LogP contribution in [-0.4, -0.2) is 41.9 Å². The Bertz CT molecular complexity index is 580. The van der Waals surface area contributed by atoms with Crippen LogP contribution in [0.3, 0.4) is 0 Å². The fraction of sp³-hybridized carbons (Fsp3) is 0.417. The van der Waals surface area contributed by atoms with Crippen molar-refractivity contribution in [2.75, 3.05) is 25.6 Å². The highest BCUT2D eigenvalue weighted by Crippen LogP contribution is 2.26. The summed E-state index contributed by atoms with van der Waals surface area (Å²) >= 11 is 0. The van der Waals surface area contributed by atoms with Crippen LogP contribution in [0.15, 0.2) is 12.1 Å². The SMILES string of the molecule is CN1CCC(NC(=O)c2cc(NN)c(F)cc2[N+](=O)[O-])C1. The number of likely N-dealkylation sites (tertiary alicyclic amines) is 1. The third-order valence-electron chi connectivity index (χ3n) is 3.41. The van der Waals surface area contributed by atoms with Crippen molar-refractivity contribution in [2.45, 2.75) is 12.5 Å². The first-order valence-corrected chi connectivity index (χ1v) is 6.36. The van der Waals surface area contributed by atoms with Gasteiger partial charge in [0.15, 0.2) is 5.82 Å². The van der Waals surface area contributed by atoms with E-state index in [1.54, 1.807) is 0 Å². The Morgan fingerprint density at radius 1 is 1.57 bits per heavy atom. The zero-order valence-electron chi connectivity index (χ0n) is 11.4. The van der Waals surface area contributed by atoms with Gasteiger partial charge in [-0.1, -0.05) is 0 Å². The summed E-state index contributed by atoms with van der Waals surface area (Å²) in [7, 11) is 1.92. The number of amides is 1. The zero-order valence-corrected chi connectivity index (χ0v) is 11.4. The lowest BCUT2D eigenvalue weighted by atomic mass is 10.1. The maximum absolute atomic E-state index is 13.5. The molecule has 2 rings (SSSR count). The predicted molar refractivity (Wildman–Crippen MR) is 74.2 cm³/mol. The molecule has 1 amide bonds. The van der Waals surface area contributed by atoms with Crippen molar-refractivity contribution in [2.24, 2.45) is 5.84 Å². The van der Waals surface area contributed by atoms with E-state index in [1.807, 2.05) is 11.9 Å². The topological polar surface area (TPSA) is 114 Å². The molecule has 8 nitrogen and oxygen atoms in total. The highest BCUT2D eigenvalue weighted by atomic mass is 19.1. The Kier molecular flexibility index (Phi) is 4.34. The molecule has 1 heterocycles. The Balaban J connectivity index is 2.28. The van der Waals surface area contributed by atoms with Crippen molar-refractivity contribution in [3.05, 3.63) is 33.6 Å². The van der Waals surface area contributed by atoms with Gasteiger partial charge in [0.25, 0.3) is 11.6 Å². The molecule has 21 heavy (non-hydrogen) atoms. The Morgan fingerprint density at radius 3 is 2.81 bits per heavy atom. The lowest BCUT2D eigenvalue weighted by Gasteiger charge is -2.13. The van der Waals surface area contributed by atoms with Crippen LogP contribution in [0.1, 0.15) is 16.8 Å². The van der Waals surface area contributed by atoms with Crippen molar-refractivity contribution in [3.63, 3.8) is 0 Å². The first kappa shape index (κ1) is 15.1. The minimum absolute atomic E-state index is 0.0820. The van der Waals surface area contributed by atoms with Crippen LogP contribution < -0.4 is 16.6 Å². The van der Waals surface area contributed by atoms with Gasteiger partial charge >= 0.3 is 0 Å². The molecule has 0 radical (unpaired) electrons. The number of carbonyl (C=O) groups excluding carboxylic acids is 1. The molecule has 1 saturated heterocycles. The van der Waals surface area contributed by atoms with Crippen molar-refractivity contribution in [1.82, 2.24) is 10.2 Å². The van der Waals surface area contributed by atoms with Gasteiger partial charge in [-0.2, -0.15) is 0 Å². The molecule has 0 bridgehead atoms. The summed E-state index contributed by atoms with van der Waals surface area (Å²) in [5.74, 6) is 3.63. The number of anilines is 1. The number of halogens is 1. The molecule has 1 aliphatic heterocycles. The fourth-order valence-electron chi connectivity index (χ4n) is 2.32. The third-order valence-corrected chi connectivity index (χ3v) is 3.41. The van der Waals surface area contributed by atoms with E-state index in [-0.39, 0.29) is 17.3 Å². The molecular weight excluding hydrogens is 281 g/mol. The second kappa shape index (κ2) is 6.02. The third kappa shape index (κ3) is 3.26. The summed E-state index contributed by atoms with van der Waals surface area (Å²) in [6, 6.07) is 1.65. The summed E-state index contributed by atoms with van der Waals surface area (Å²) in [6.45, 7) is 1.51. The quantitative estimate of drug-likeness (QED) is 0.422. The van der Waals surface area contributed by atoms with E-state index in [9.17, 15) is 19.3 Å².